The summed E-state index contributed by atoms with van der Waals surface area (Å²) in [5.74, 6) is 1.13. The lowest BCUT2D eigenvalue weighted by Crippen LogP contribution is -1.99. The fraction of sp³-hybridized carbons (Fsp3) is 0.158. The third-order valence-corrected chi connectivity index (χ3v) is 3.99. The molecule has 0 N–H and O–H groups in total. The van der Waals surface area contributed by atoms with Crippen molar-refractivity contribution >= 4 is 5.78 Å². The molecule has 0 aliphatic carbocycles. The lowest BCUT2D eigenvalue weighted by molar-refractivity contribution is 0.628. The highest BCUT2D eigenvalue weighted by Crippen LogP contribution is 2.23. The molecule has 0 aliphatic heterocycles. The SMILES string of the molecule is CC(C)c1ccn2c(-c3ccnc(-c4cccc(F)c4)n3)cnc2n1. The van der Waals surface area contributed by atoms with Crippen LogP contribution in [0.4, 0.5) is 4.39 Å². The summed E-state index contributed by atoms with van der Waals surface area (Å²) in [6.45, 7) is 4.19. The largest absolute Gasteiger partial charge is 0.282 e. The fourth-order valence-corrected chi connectivity index (χ4v) is 2.66. The Morgan fingerprint density at radius 3 is 2.72 bits per heavy atom. The average Bonchev–Trinajstić information content (AvgIpc) is 3.05. The molecule has 0 aliphatic rings. The third-order valence-electron chi connectivity index (χ3n) is 3.99. The zero-order valence-electron chi connectivity index (χ0n) is 13.9. The molecule has 0 amide bonds. The average molecular weight is 333 g/mol. The minimum absolute atomic E-state index is 0.313. The maximum atomic E-state index is 13.5. The van der Waals surface area contributed by atoms with Crippen molar-refractivity contribution in [2.75, 3.05) is 0 Å². The van der Waals surface area contributed by atoms with Gasteiger partial charge in [-0.2, -0.15) is 0 Å². The van der Waals surface area contributed by atoms with E-state index >= 15 is 0 Å². The first kappa shape index (κ1) is 15.4. The van der Waals surface area contributed by atoms with Crippen LogP contribution in [0.2, 0.25) is 0 Å². The molecule has 5 nitrogen and oxygen atoms in total. The molecule has 3 aromatic heterocycles. The van der Waals surface area contributed by atoms with Gasteiger partial charge in [-0.1, -0.05) is 26.0 Å². The quantitative estimate of drug-likeness (QED) is 0.566. The summed E-state index contributed by atoms with van der Waals surface area (Å²) in [6.07, 6.45) is 5.35. The lowest BCUT2D eigenvalue weighted by atomic mass is 10.1. The van der Waals surface area contributed by atoms with E-state index in [4.69, 9.17) is 0 Å². The number of imidazole rings is 1. The molecule has 1 aromatic carbocycles. The number of hydrogen-bond donors (Lipinski definition) is 0. The van der Waals surface area contributed by atoms with Crippen LogP contribution >= 0.6 is 0 Å². The zero-order valence-corrected chi connectivity index (χ0v) is 13.9. The second-order valence-corrected chi connectivity index (χ2v) is 6.10. The first-order valence-electron chi connectivity index (χ1n) is 8.05. The molecule has 0 fully saturated rings. The first-order chi connectivity index (χ1) is 12.1. The van der Waals surface area contributed by atoms with Gasteiger partial charge in [-0.05, 0) is 30.2 Å². The van der Waals surface area contributed by atoms with Crippen LogP contribution in [0, 0.1) is 5.82 Å². The van der Waals surface area contributed by atoms with Gasteiger partial charge in [0.1, 0.15) is 5.82 Å². The second kappa shape index (κ2) is 6.05. The Morgan fingerprint density at radius 2 is 1.92 bits per heavy atom. The highest BCUT2D eigenvalue weighted by molar-refractivity contribution is 5.62. The number of rotatable bonds is 3. The Labute approximate surface area is 144 Å². The molecule has 3 heterocycles. The van der Waals surface area contributed by atoms with E-state index in [9.17, 15) is 4.39 Å². The minimum atomic E-state index is -0.313. The van der Waals surface area contributed by atoms with Crippen molar-refractivity contribution in [2.45, 2.75) is 19.8 Å². The van der Waals surface area contributed by atoms with Crippen LogP contribution in [-0.4, -0.2) is 24.3 Å². The molecule has 0 spiro atoms. The standard InChI is InChI=1S/C19H16FN5/c1-12(2)15-7-9-25-17(11-22-19(25)24-15)16-6-8-21-18(23-16)13-4-3-5-14(20)10-13/h3-12H,1-2H3. The van der Waals surface area contributed by atoms with Gasteiger partial charge in [-0.25, -0.2) is 24.3 Å². The van der Waals surface area contributed by atoms with Crippen molar-refractivity contribution in [3.05, 3.63) is 66.5 Å². The summed E-state index contributed by atoms with van der Waals surface area (Å²) >= 11 is 0. The van der Waals surface area contributed by atoms with E-state index in [2.05, 4.69) is 33.8 Å². The molecular formula is C19H16FN5. The van der Waals surface area contributed by atoms with E-state index in [1.807, 2.05) is 22.7 Å². The molecule has 0 unspecified atom stereocenters. The van der Waals surface area contributed by atoms with Crippen LogP contribution in [0.15, 0.2) is 55.0 Å². The van der Waals surface area contributed by atoms with Gasteiger partial charge < -0.3 is 0 Å². The first-order valence-corrected chi connectivity index (χ1v) is 8.05. The monoisotopic (exact) mass is 333 g/mol. The molecule has 124 valence electrons. The van der Waals surface area contributed by atoms with Crippen molar-refractivity contribution in [1.29, 1.82) is 0 Å². The van der Waals surface area contributed by atoms with Crippen LogP contribution in [0.25, 0.3) is 28.6 Å². The van der Waals surface area contributed by atoms with Gasteiger partial charge in [0.25, 0.3) is 0 Å². The van der Waals surface area contributed by atoms with Crippen molar-refractivity contribution in [2.24, 2.45) is 0 Å². The molecular weight excluding hydrogens is 317 g/mol. The van der Waals surface area contributed by atoms with Gasteiger partial charge in [-0.15, -0.1) is 0 Å². The molecule has 25 heavy (non-hydrogen) atoms. The maximum absolute atomic E-state index is 13.5. The number of halogens is 1. The van der Waals surface area contributed by atoms with Gasteiger partial charge in [0.2, 0.25) is 5.78 Å². The summed E-state index contributed by atoms with van der Waals surface area (Å²) in [5.41, 5.74) is 3.15. The van der Waals surface area contributed by atoms with Crippen molar-refractivity contribution in [3.63, 3.8) is 0 Å². The molecule has 0 saturated heterocycles. The Hall–Kier alpha value is -3.15. The number of nitrogens with zero attached hydrogens (tertiary/aromatic N) is 5. The molecule has 0 radical (unpaired) electrons. The Bertz CT molecular complexity index is 1050. The predicted molar refractivity (Wildman–Crippen MR) is 93.5 cm³/mol. The summed E-state index contributed by atoms with van der Waals surface area (Å²) in [4.78, 5) is 17.8. The molecule has 6 heteroatoms. The van der Waals surface area contributed by atoms with E-state index < -0.39 is 0 Å². The number of fused-ring (bicyclic) bond motifs is 1. The molecule has 0 bridgehead atoms. The van der Waals surface area contributed by atoms with Gasteiger partial charge in [0.05, 0.1) is 17.6 Å². The highest BCUT2D eigenvalue weighted by Gasteiger charge is 2.12. The number of benzene rings is 1. The van der Waals surface area contributed by atoms with Crippen molar-refractivity contribution in [1.82, 2.24) is 24.3 Å². The second-order valence-electron chi connectivity index (χ2n) is 6.10. The van der Waals surface area contributed by atoms with Crippen LogP contribution in [0.1, 0.15) is 25.5 Å². The van der Waals surface area contributed by atoms with Crippen molar-refractivity contribution < 1.29 is 4.39 Å². The number of aromatic nitrogens is 5. The van der Waals surface area contributed by atoms with E-state index in [0.717, 1.165) is 11.4 Å². The summed E-state index contributed by atoms with van der Waals surface area (Å²) in [5, 5.41) is 0. The molecule has 0 atom stereocenters. The van der Waals surface area contributed by atoms with Crippen LogP contribution in [0.3, 0.4) is 0 Å². The van der Waals surface area contributed by atoms with Gasteiger partial charge in [0.15, 0.2) is 5.82 Å². The fourth-order valence-electron chi connectivity index (χ4n) is 2.66. The lowest BCUT2D eigenvalue weighted by Gasteiger charge is -2.06. The minimum Gasteiger partial charge on any atom is -0.282 e. The van der Waals surface area contributed by atoms with Gasteiger partial charge in [0, 0.05) is 23.7 Å². The Kier molecular flexibility index (Phi) is 3.72. The molecule has 4 rings (SSSR count). The topological polar surface area (TPSA) is 56.0 Å². The van der Waals surface area contributed by atoms with Crippen LogP contribution in [-0.2, 0) is 0 Å². The summed E-state index contributed by atoms with van der Waals surface area (Å²) < 4.78 is 15.4. The number of hydrogen-bond acceptors (Lipinski definition) is 4. The van der Waals surface area contributed by atoms with Crippen LogP contribution < -0.4 is 0 Å². The highest BCUT2D eigenvalue weighted by atomic mass is 19.1. The van der Waals surface area contributed by atoms with Crippen molar-refractivity contribution in [3.8, 4) is 22.8 Å². The summed E-state index contributed by atoms with van der Waals surface area (Å²) in [6, 6.07) is 10.0. The van der Waals surface area contributed by atoms with Crippen LogP contribution in [0.5, 0.6) is 0 Å². The van der Waals surface area contributed by atoms with E-state index in [-0.39, 0.29) is 5.82 Å². The van der Waals surface area contributed by atoms with E-state index in [1.54, 1.807) is 24.5 Å². The smallest absolute Gasteiger partial charge is 0.234 e. The Balaban J connectivity index is 1.80. The van der Waals surface area contributed by atoms with E-state index in [1.165, 1.54) is 12.1 Å². The van der Waals surface area contributed by atoms with E-state index in [0.29, 0.717) is 28.8 Å². The molecule has 4 aromatic rings. The zero-order chi connectivity index (χ0) is 17.4. The third kappa shape index (κ3) is 2.87. The van der Waals surface area contributed by atoms with Gasteiger partial charge in [-0.3, -0.25) is 4.40 Å². The summed E-state index contributed by atoms with van der Waals surface area (Å²) in [7, 11) is 0. The normalized spacial score (nSPS) is 11.4. The predicted octanol–water partition coefficient (Wildman–Crippen LogP) is 4.12. The van der Waals surface area contributed by atoms with Gasteiger partial charge >= 0.3 is 0 Å². The maximum Gasteiger partial charge on any atom is 0.234 e. The Morgan fingerprint density at radius 1 is 1.04 bits per heavy atom. The molecule has 0 saturated carbocycles.